The fraction of sp³-hybridized carbons (Fsp3) is 0.381. The monoisotopic (exact) mass is 425 g/mol. The Morgan fingerprint density at radius 2 is 1.85 bits per heavy atom. The first kappa shape index (κ1) is 22.0. The van der Waals surface area contributed by atoms with Crippen LogP contribution in [0.5, 0.6) is 0 Å². The largest absolute Gasteiger partial charge is 0.387 e. The number of halogens is 3. The van der Waals surface area contributed by atoms with Gasteiger partial charge in [-0.2, -0.15) is 0 Å². The normalized spacial score (nSPS) is 20.0. The van der Waals surface area contributed by atoms with Crippen molar-refractivity contribution < 1.29 is 0 Å². The molecule has 3 nitrogen and oxygen atoms in total. The van der Waals surface area contributed by atoms with Gasteiger partial charge in [-0.15, -0.1) is 24.8 Å². The third-order valence-electron chi connectivity index (χ3n) is 5.45. The minimum absolute atomic E-state index is 0. The van der Waals surface area contributed by atoms with Crippen LogP contribution in [-0.4, -0.2) is 12.4 Å². The maximum atomic E-state index is 6.21. The molecule has 1 saturated carbocycles. The summed E-state index contributed by atoms with van der Waals surface area (Å²) in [7, 11) is 0. The molecule has 1 fully saturated rings. The lowest BCUT2D eigenvalue weighted by molar-refractivity contribution is 0.609. The van der Waals surface area contributed by atoms with Crippen LogP contribution in [0, 0.1) is 5.92 Å². The Bertz CT molecular complexity index is 807. The molecule has 1 aliphatic carbocycles. The number of nitrogens with one attached hydrogen (secondary N) is 1. The highest BCUT2D eigenvalue weighted by atomic mass is 35.5. The first-order valence-electron chi connectivity index (χ1n) is 9.13. The molecule has 2 aromatic rings. The molecule has 2 aliphatic rings. The highest BCUT2D eigenvalue weighted by Crippen LogP contribution is 2.46. The van der Waals surface area contributed by atoms with E-state index in [1.807, 2.05) is 18.2 Å². The van der Waals surface area contributed by atoms with Gasteiger partial charge in [0.05, 0.1) is 5.69 Å². The predicted molar refractivity (Wildman–Crippen MR) is 119 cm³/mol. The number of benzene rings is 2. The lowest BCUT2D eigenvalue weighted by atomic mass is 9.84. The van der Waals surface area contributed by atoms with Crippen molar-refractivity contribution in [2.75, 3.05) is 6.54 Å². The number of fused-ring (bicyclic) bond motifs is 3. The Balaban J connectivity index is 0.00000131. The Morgan fingerprint density at radius 3 is 2.67 bits per heavy atom. The molecule has 0 saturated heterocycles. The van der Waals surface area contributed by atoms with Crippen molar-refractivity contribution in [2.24, 2.45) is 16.6 Å². The predicted octanol–water partition coefficient (Wildman–Crippen LogP) is 5.40. The summed E-state index contributed by atoms with van der Waals surface area (Å²) in [4.78, 5) is 4.69. The molecule has 3 N–H and O–H groups in total. The molecule has 2 aromatic carbocycles. The zero-order chi connectivity index (χ0) is 17.2. The van der Waals surface area contributed by atoms with Gasteiger partial charge in [0.2, 0.25) is 0 Å². The number of nitrogens with zero attached hydrogens (tertiary/aromatic N) is 1. The summed E-state index contributed by atoms with van der Waals surface area (Å²) in [5.74, 6) is 1.89. The average Bonchev–Trinajstić information content (AvgIpc) is 3.09. The van der Waals surface area contributed by atoms with Crippen LogP contribution in [0.3, 0.4) is 0 Å². The summed E-state index contributed by atoms with van der Waals surface area (Å²) in [6.45, 7) is 1.76. The molecule has 2 unspecified atom stereocenters. The number of amidine groups is 1. The molecule has 0 aromatic heterocycles. The van der Waals surface area contributed by atoms with Crippen molar-refractivity contribution in [3.05, 3.63) is 64.2 Å². The van der Waals surface area contributed by atoms with Crippen LogP contribution < -0.4 is 11.1 Å². The third-order valence-corrected chi connectivity index (χ3v) is 5.68. The minimum Gasteiger partial charge on any atom is -0.387 e. The average molecular weight is 427 g/mol. The molecule has 146 valence electrons. The van der Waals surface area contributed by atoms with E-state index in [0.29, 0.717) is 11.8 Å². The Kier molecular flexibility index (Phi) is 7.99. The fourth-order valence-corrected chi connectivity index (χ4v) is 4.39. The lowest BCUT2D eigenvalue weighted by Gasteiger charge is -2.26. The Morgan fingerprint density at radius 1 is 1.04 bits per heavy atom. The second-order valence-corrected chi connectivity index (χ2v) is 7.57. The maximum Gasteiger partial charge on any atom is 0.103 e. The number of nitrogens with two attached hydrogens (primary N) is 1. The zero-order valence-electron chi connectivity index (χ0n) is 15.2. The molecule has 2 atom stereocenters. The number of aliphatic imine (C=N–C) groups is 1. The van der Waals surface area contributed by atoms with Gasteiger partial charge in [0.15, 0.2) is 0 Å². The van der Waals surface area contributed by atoms with E-state index < -0.39 is 0 Å². The van der Waals surface area contributed by atoms with Crippen molar-refractivity contribution in [3.63, 3.8) is 0 Å². The van der Waals surface area contributed by atoms with Crippen LogP contribution in [-0.2, 0) is 13.0 Å². The summed E-state index contributed by atoms with van der Waals surface area (Å²) < 4.78 is 0. The standard InChI is InChI=1S/C21H24ClN3.2ClH/c22-16-4-1-3-15(11-16)13-24-10-9-14-7-8-18-17-5-2-6-19(17)21(23)25-20(18)12-14;;/h1,3-4,7-8,11-12,17,19,24H,2,5-6,9-10,13H2,(H2,23,25);2*1H. The molecule has 27 heavy (non-hydrogen) atoms. The lowest BCUT2D eigenvalue weighted by Crippen LogP contribution is -2.28. The third kappa shape index (κ3) is 4.97. The Hall–Kier alpha value is -1.26. The molecule has 0 bridgehead atoms. The SMILES string of the molecule is Cl.Cl.NC1=Nc2cc(CCNCc3cccc(Cl)c3)ccc2C2CCCC12. The van der Waals surface area contributed by atoms with Gasteiger partial charge in [0.1, 0.15) is 5.84 Å². The van der Waals surface area contributed by atoms with Crippen molar-refractivity contribution in [2.45, 2.75) is 38.1 Å². The van der Waals surface area contributed by atoms with Gasteiger partial charge in [-0.1, -0.05) is 42.3 Å². The molecular formula is C21H26Cl3N3. The first-order valence-corrected chi connectivity index (χ1v) is 9.50. The van der Waals surface area contributed by atoms with Crippen LogP contribution in [0.2, 0.25) is 5.02 Å². The van der Waals surface area contributed by atoms with Gasteiger partial charge in [-0.25, -0.2) is 4.99 Å². The van der Waals surface area contributed by atoms with Crippen molar-refractivity contribution in [1.29, 1.82) is 0 Å². The van der Waals surface area contributed by atoms with E-state index in [2.05, 4.69) is 29.6 Å². The second kappa shape index (κ2) is 9.79. The number of hydrogen-bond acceptors (Lipinski definition) is 3. The van der Waals surface area contributed by atoms with Crippen LogP contribution >= 0.6 is 36.4 Å². The van der Waals surface area contributed by atoms with Gasteiger partial charge in [0.25, 0.3) is 0 Å². The molecule has 0 amide bonds. The van der Waals surface area contributed by atoms with Crippen LogP contribution in [0.4, 0.5) is 5.69 Å². The van der Waals surface area contributed by atoms with E-state index in [9.17, 15) is 0 Å². The summed E-state index contributed by atoms with van der Waals surface area (Å²) in [5.41, 5.74) is 11.2. The highest BCUT2D eigenvalue weighted by molar-refractivity contribution is 6.30. The maximum absolute atomic E-state index is 6.21. The van der Waals surface area contributed by atoms with Gasteiger partial charge < -0.3 is 11.1 Å². The topological polar surface area (TPSA) is 50.4 Å². The number of hydrogen-bond donors (Lipinski definition) is 2. The first-order chi connectivity index (χ1) is 12.2. The quantitative estimate of drug-likeness (QED) is 0.629. The van der Waals surface area contributed by atoms with E-state index in [1.54, 1.807) is 0 Å². The fourth-order valence-electron chi connectivity index (χ4n) is 4.18. The summed E-state index contributed by atoms with van der Waals surface area (Å²) in [6, 6.07) is 14.7. The summed E-state index contributed by atoms with van der Waals surface area (Å²) >= 11 is 6.02. The molecule has 6 heteroatoms. The molecule has 4 rings (SSSR count). The van der Waals surface area contributed by atoms with Crippen molar-refractivity contribution in [1.82, 2.24) is 5.32 Å². The Labute approximate surface area is 178 Å². The zero-order valence-corrected chi connectivity index (χ0v) is 17.5. The van der Waals surface area contributed by atoms with E-state index in [0.717, 1.165) is 36.1 Å². The minimum atomic E-state index is 0. The molecule has 1 heterocycles. The smallest absolute Gasteiger partial charge is 0.103 e. The van der Waals surface area contributed by atoms with Crippen molar-refractivity contribution >= 4 is 47.9 Å². The van der Waals surface area contributed by atoms with E-state index in [1.165, 1.54) is 36.0 Å². The number of rotatable bonds is 5. The molecular weight excluding hydrogens is 401 g/mol. The molecule has 0 radical (unpaired) electrons. The van der Waals surface area contributed by atoms with E-state index >= 15 is 0 Å². The van der Waals surface area contributed by atoms with Gasteiger partial charge in [0, 0.05) is 17.5 Å². The van der Waals surface area contributed by atoms with Gasteiger partial charge >= 0.3 is 0 Å². The second-order valence-electron chi connectivity index (χ2n) is 7.13. The van der Waals surface area contributed by atoms with Crippen LogP contribution in [0.1, 0.15) is 41.9 Å². The molecule has 0 spiro atoms. The van der Waals surface area contributed by atoms with Gasteiger partial charge in [-0.05, 0) is 66.6 Å². The highest BCUT2D eigenvalue weighted by Gasteiger charge is 2.35. The summed E-state index contributed by atoms with van der Waals surface area (Å²) in [6.07, 6.45) is 4.68. The molecule has 1 aliphatic heterocycles. The van der Waals surface area contributed by atoms with Gasteiger partial charge in [-0.3, -0.25) is 0 Å². The van der Waals surface area contributed by atoms with E-state index in [-0.39, 0.29) is 24.8 Å². The van der Waals surface area contributed by atoms with Crippen LogP contribution in [0.25, 0.3) is 0 Å². The van der Waals surface area contributed by atoms with Crippen molar-refractivity contribution in [3.8, 4) is 0 Å². The van der Waals surface area contributed by atoms with Crippen LogP contribution in [0.15, 0.2) is 47.5 Å². The summed E-state index contributed by atoms with van der Waals surface area (Å²) in [5, 5.41) is 4.27. The van der Waals surface area contributed by atoms with E-state index in [4.69, 9.17) is 22.3 Å².